The standard InChI is InChI=1S/C23H28N4O3S/c1-16(2)29-19-8-4-6-17(12-19)22(28)18-7-5-11-27(13-18)14-20-9-10-21(30-20)31-23-25-24-15-26(23)3/h4,6,8-10,12,15-16,18H,5,7,11,13-14H2,1-3H3. The minimum Gasteiger partial charge on any atom is -0.491 e. The van der Waals surface area contributed by atoms with Gasteiger partial charge in [0.1, 0.15) is 17.8 Å². The fourth-order valence-corrected chi connectivity index (χ4v) is 4.56. The number of ether oxygens (including phenoxy) is 1. The van der Waals surface area contributed by atoms with Crippen molar-refractivity contribution in [1.29, 1.82) is 0 Å². The lowest BCUT2D eigenvalue weighted by molar-refractivity contribution is 0.0800. The van der Waals surface area contributed by atoms with Crippen molar-refractivity contribution in [2.75, 3.05) is 13.1 Å². The Morgan fingerprint density at radius 2 is 2.19 bits per heavy atom. The number of ketones is 1. The number of nitrogens with zero attached hydrogens (tertiary/aromatic N) is 4. The predicted molar refractivity (Wildman–Crippen MR) is 118 cm³/mol. The maximum Gasteiger partial charge on any atom is 0.198 e. The van der Waals surface area contributed by atoms with Gasteiger partial charge in [0.25, 0.3) is 0 Å². The average molecular weight is 441 g/mol. The lowest BCUT2D eigenvalue weighted by Crippen LogP contribution is -2.38. The first kappa shape index (κ1) is 21.6. The Hall–Kier alpha value is -2.58. The van der Waals surface area contributed by atoms with Gasteiger partial charge in [-0.05, 0) is 69.3 Å². The summed E-state index contributed by atoms with van der Waals surface area (Å²) in [4.78, 5) is 15.4. The number of aryl methyl sites for hydroxylation is 1. The van der Waals surface area contributed by atoms with Crippen LogP contribution in [-0.2, 0) is 13.6 Å². The van der Waals surface area contributed by atoms with Gasteiger partial charge in [0.05, 0.1) is 12.6 Å². The molecule has 1 aromatic carbocycles. The van der Waals surface area contributed by atoms with Crippen LogP contribution in [0.2, 0.25) is 0 Å². The highest BCUT2D eigenvalue weighted by molar-refractivity contribution is 7.99. The molecule has 31 heavy (non-hydrogen) atoms. The third-order valence-corrected chi connectivity index (χ3v) is 6.22. The number of Topliss-reactive ketones (excluding diaryl/α,β-unsaturated/α-hetero) is 1. The first-order valence-corrected chi connectivity index (χ1v) is 11.4. The summed E-state index contributed by atoms with van der Waals surface area (Å²) in [6.45, 7) is 6.37. The summed E-state index contributed by atoms with van der Waals surface area (Å²) in [6, 6.07) is 11.5. The molecule has 1 unspecified atom stereocenters. The second-order valence-electron chi connectivity index (χ2n) is 8.18. The molecule has 8 heteroatoms. The molecule has 1 aliphatic rings. The molecule has 7 nitrogen and oxygen atoms in total. The summed E-state index contributed by atoms with van der Waals surface area (Å²) in [6.07, 6.45) is 3.66. The molecule has 0 bridgehead atoms. The molecule has 1 saturated heterocycles. The lowest BCUT2D eigenvalue weighted by Gasteiger charge is -2.31. The Balaban J connectivity index is 1.37. The minimum atomic E-state index is -0.00880. The van der Waals surface area contributed by atoms with Crippen LogP contribution < -0.4 is 4.74 Å². The molecule has 1 aliphatic heterocycles. The van der Waals surface area contributed by atoms with Crippen molar-refractivity contribution in [2.24, 2.45) is 13.0 Å². The number of hydrogen-bond acceptors (Lipinski definition) is 7. The third-order valence-electron chi connectivity index (χ3n) is 5.24. The van der Waals surface area contributed by atoms with E-state index in [0.717, 1.165) is 53.3 Å². The minimum absolute atomic E-state index is 0.00880. The summed E-state index contributed by atoms with van der Waals surface area (Å²) < 4.78 is 13.6. The van der Waals surface area contributed by atoms with Gasteiger partial charge >= 0.3 is 0 Å². The molecule has 164 valence electrons. The zero-order chi connectivity index (χ0) is 21.8. The van der Waals surface area contributed by atoms with Crippen LogP contribution in [0, 0.1) is 5.92 Å². The Bertz CT molecular complexity index is 1030. The van der Waals surface area contributed by atoms with Crippen LogP contribution in [0.25, 0.3) is 0 Å². The number of benzene rings is 1. The highest BCUT2D eigenvalue weighted by Crippen LogP contribution is 2.29. The lowest BCUT2D eigenvalue weighted by atomic mass is 9.90. The molecular formula is C23H28N4O3S. The number of likely N-dealkylation sites (tertiary alicyclic amines) is 1. The van der Waals surface area contributed by atoms with Crippen LogP contribution in [0.5, 0.6) is 5.75 Å². The molecule has 3 aromatic rings. The highest BCUT2D eigenvalue weighted by atomic mass is 32.2. The van der Waals surface area contributed by atoms with Crippen LogP contribution in [-0.4, -0.2) is 44.6 Å². The van der Waals surface area contributed by atoms with E-state index in [1.807, 2.05) is 61.9 Å². The normalized spacial score (nSPS) is 17.2. The van der Waals surface area contributed by atoms with Crippen molar-refractivity contribution in [3.63, 3.8) is 0 Å². The first-order valence-electron chi connectivity index (χ1n) is 10.6. The van der Waals surface area contributed by atoms with Gasteiger partial charge in [-0.2, -0.15) is 0 Å². The molecule has 0 spiro atoms. The van der Waals surface area contributed by atoms with E-state index in [1.165, 1.54) is 11.8 Å². The molecule has 1 atom stereocenters. The molecular weight excluding hydrogens is 412 g/mol. The molecule has 3 heterocycles. The Kier molecular flexibility index (Phi) is 6.77. The van der Waals surface area contributed by atoms with Crippen molar-refractivity contribution < 1.29 is 13.9 Å². The summed E-state index contributed by atoms with van der Waals surface area (Å²) >= 11 is 1.45. The maximum absolute atomic E-state index is 13.1. The zero-order valence-corrected chi connectivity index (χ0v) is 19.0. The summed E-state index contributed by atoms with van der Waals surface area (Å²) in [5, 5.41) is 9.54. The van der Waals surface area contributed by atoms with Gasteiger partial charge in [-0.3, -0.25) is 9.69 Å². The van der Waals surface area contributed by atoms with Crippen LogP contribution >= 0.6 is 11.8 Å². The zero-order valence-electron chi connectivity index (χ0n) is 18.2. The van der Waals surface area contributed by atoms with E-state index in [0.29, 0.717) is 6.54 Å². The van der Waals surface area contributed by atoms with Crippen LogP contribution in [0.3, 0.4) is 0 Å². The molecule has 2 aromatic heterocycles. The van der Waals surface area contributed by atoms with E-state index in [4.69, 9.17) is 9.15 Å². The van der Waals surface area contributed by atoms with Gasteiger partial charge in [0.2, 0.25) is 0 Å². The van der Waals surface area contributed by atoms with Crippen molar-refractivity contribution >= 4 is 17.5 Å². The van der Waals surface area contributed by atoms with E-state index in [2.05, 4.69) is 15.1 Å². The van der Waals surface area contributed by atoms with E-state index >= 15 is 0 Å². The number of piperidine rings is 1. The number of carbonyl (C=O) groups is 1. The molecule has 0 radical (unpaired) electrons. The second kappa shape index (κ2) is 9.70. The van der Waals surface area contributed by atoms with E-state index in [-0.39, 0.29) is 17.8 Å². The van der Waals surface area contributed by atoms with Gasteiger partial charge in [-0.1, -0.05) is 12.1 Å². The fraction of sp³-hybridized carbons (Fsp3) is 0.435. The molecule has 0 saturated carbocycles. The number of furan rings is 1. The maximum atomic E-state index is 13.1. The van der Waals surface area contributed by atoms with Crippen LogP contribution in [0.15, 0.2) is 57.4 Å². The van der Waals surface area contributed by atoms with Crippen molar-refractivity contribution in [3.05, 3.63) is 54.0 Å². The van der Waals surface area contributed by atoms with Gasteiger partial charge in [0.15, 0.2) is 16.0 Å². The molecule has 0 amide bonds. The Morgan fingerprint density at radius 3 is 2.97 bits per heavy atom. The SMILES string of the molecule is CC(C)Oc1cccc(C(=O)C2CCCN(Cc3ccc(Sc4nncn4C)o3)C2)c1. The highest BCUT2D eigenvalue weighted by Gasteiger charge is 2.27. The quantitative estimate of drug-likeness (QED) is 0.479. The summed E-state index contributed by atoms with van der Waals surface area (Å²) in [5.74, 6) is 1.82. The van der Waals surface area contributed by atoms with Crippen molar-refractivity contribution in [1.82, 2.24) is 19.7 Å². The predicted octanol–water partition coefficient (Wildman–Crippen LogP) is 4.44. The van der Waals surface area contributed by atoms with Gasteiger partial charge in [-0.25, -0.2) is 0 Å². The number of rotatable bonds is 8. The molecule has 1 fully saturated rings. The Labute approximate surface area is 186 Å². The van der Waals surface area contributed by atoms with Crippen molar-refractivity contribution in [2.45, 2.75) is 49.6 Å². The summed E-state index contributed by atoms with van der Waals surface area (Å²) in [7, 11) is 1.90. The van der Waals surface area contributed by atoms with Crippen molar-refractivity contribution in [3.8, 4) is 5.75 Å². The monoisotopic (exact) mass is 440 g/mol. The van der Waals surface area contributed by atoms with E-state index in [1.54, 1.807) is 6.33 Å². The van der Waals surface area contributed by atoms with E-state index in [9.17, 15) is 4.79 Å². The average Bonchev–Trinajstić information content (AvgIpc) is 3.36. The third kappa shape index (κ3) is 5.57. The smallest absolute Gasteiger partial charge is 0.198 e. The number of hydrogen-bond donors (Lipinski definition) is 0. The van der Waals surface area contributed by atoms with Gasteiger partial charge in [-0.15, -0.1) is 10.2 Å². The van der Waals surface area contributed by atoms with Crippen LogP contribution in [0.4, 0.5) is 0 Å². The molecule has 0 N–H and O–H groups in total. The topological polar surface area (TPSA) is 73.4 Å². The van der Waals surface area contributed by atoms with Gasteiger partial charge in [0, 0.05) is 25.1 Å². The van der Waals surface area contributed by atoms with Gasteiger partial charge < -0.3 is 13.7 Å². The number of carbonyl (C=O) groups excluding carboxylic acids is 1. The molecule has 0 aliphatic carbocycles. The second-order valence-corrected chi connectivity index (χ2v) is 9.15. The first-order chi connectivity index (χ1) is 15.0. The largest absolute Gasteiger partial charge is 0.491 e. The molecule has 4 rings (SSSR count). The van der Waals surface area contributed by atoms with Crippen LogP contribution in [0.1, 0.15) is 42.8 Å². The number of aromatic nitrogens is 3. The Morgan fingerprint density at radius 1 is 1.32 bits per heavy atom. The fourth-order valence-electron chi connectivity index (χ4n) is 3.82. The van der Waals surface area contributed by atoms with E-state index < -0.39 is 0 Å². The summed E-state index contributed by atoms with van der Waals surface area (Å²) in [5.41, 5.74) is 0.727.